The van der Waals surface area contributed by atoms with Gasteiger partial charge in [0.25, 0.3) is 0 Å². The van der Waals surface area contributed by atoms with Gasteiger partial charge >= 0.3 is 23.9 Å². The van der Waals surface area contributed by atoms with Gasteiger partial charge < -0.3 is 14.2 Å². The molecule has 0 saturated carbocycles. The van der Waals surface area contributed by atoms with Crippen molar-refractivity contribution < 1.29 is 43.0 Å². The molecule has 0 amide bonds. The van der Waals surface area contributed by atoms with Crippen LogP contribution in [-0.4, -0.2) is 35.4 Å². The van der Waals surface area contributed by atoms with Crippen LogP contribution in [0.1, 0.15) is 81.6 Å². The number of esters is 4. The summed E-state index contributed by atoms with van der Waals surface area (Å²) in [4.78, 5) is 72.0. The minimum absolute atomic E-state index is 0.0160. The number of benzene rings is 3. The maximum Gasteiger partial charge on any atom is 0.346 e. The maximum atomic E-state index is 12.6. The van der Waals surface area contributed by atoms with E-state index in [1.165, 1.54) is 68.4 Å². The lowest BCUT2D eigenvalue weighted by Crippen LogP contribution is -2.13. The van der Waals surface area contributed by atoms with Crippen molar-refractivity contribution in [2.75, 3.05) is 0 Å². The number of carbonyl (C=O) groups excluding carboxylic acids is 6. The zero-order valence-electron chi connectivity index (χ0n) is 19.4. The van der Waals surface area contributed by atoms with Crippen LogP contribution in [0, 0.1) is 6.92 Å². The van der Waals surface area contributed by atoms with Crippen molar-refractivity contribution >= 4 is 35.4 Å². The molecule has 36 heavy (non-hydrogen) atoms. The van der Waals surface area contributed by atoms with Gasteiger partial charge in [0.15, 0.2) is 11.6 Å². The number of cyclic esters (lactones) is 2. The monoisotopic (exact) mass is 486 g/mol. The third-order valence-electron chi connectivity index (χ3n) is 5.45. The lowest BCUT2D eigenvalue weighted by molar-refractivity contribution is 0.0442. The lowest BCUT2D eigenvalue weighted by Gasteiger charge is -2.11. The zero-order valence-corrected chi connectivity index (χ0v) is 19.4. The number of Topliss-reactive ketones (excluding diaryl/α,β-unsaturated/α-hetero) is 2. The van der Waals surface area contributed by atoms with E-state index >= 15 is 0 Å². The molecule has 0 aliphatic carbocycles. The zero-order chi connectivity index (χ0) is 26.1. The number of hydrogen-bond donors (Lipinski definition) is 0. The number of hydrogen-bond acceptors (Lipinski definition) is 9. The molecular formula is C27H18O9. The Bertz CT molecular complexity index is 1500. The molecule has 3 aromatic carbocycles. The number of rotatable bonds is 6. The van der Waals surface area contributed by atoms with Crippen LogP contribution in [0.2, 0.25) is 0 Å². The Kier molecular flexibility index (Phi) is 6.31. The smallest absolute Gasteiger partial charge is 0.346 e. The molecule has 0 radical (unpaired) electrons. The lowest BCUT2D eigenvalue weighted by atomic mass is 9.98. The minimum atomic E-state index is -0.835. The van der Waals surface area contributed by atoms with Crippen molar-refractivity contribution in [3.05, 3.63) is 93.5 Å². The Labute approximate surface area is 204 Å². The summed E-state index contributed by atoms with van der Waals surface area (Å²) >= 11 is 0. The van der Waals surface area contributed by atoms with Gasteiger partial charge in [-0.1, -0.05) is 0 Å². The van der Waals surface area contributed by atoms with Crippen molar-refractivity contribution in [3.63, 3.8) is 0 Å². The van der Waals surface area contributed by atoms with Crippen LogP contribution in [0.25, 0.3) is 0 Å². The van der Waals surface area contributed by atoms with E-state index in [0.717, 1.165) is 0 Å². The summed E-state index contributed by atoms with van der Waals surface area (Å²) in [5, 5.41) is 0. The summed E-state index contributed by atoms with van der Waals surface area (Å²) in [7, 11) is 0. The Hall–Kier alpha value is -4.92. The molecule has 0 N–H and O–H groups in total. The van der Waals surface area contributed by atoms with Gasteiger partial charge in [-0.15, -0.1) is 0 Å². The third-order valence-corrected chi connectivity index (χ3v) is 5.45. The van der Waals surface area contributed by atoms with Crippen LogP contribution in [0.3, 0.4) is 0 Å². The van der Waals surface area contributed by atoms with Crippen LogP contribution in [0.4, 0.5) is 0 Å². The van der Waals surface area contributed by atoms with E-state index in [9.17, 15) is 28.8 Å². The van der Waals surface area contributed by atoms with E-state index < -0.39 is 23.9 Å². The van der Waals surface area contributed by atoms with Gasteiger partial charge in [-0.25, -0.2) is 19.2 Å². The van der Waals surface area contributed by atoms with E-state index in [1.807, 2.05) is 0 Å². The quantitative estimate of drug-likeness (QED) is 0.218. The first kappa shape index (κ1) is 24.2. The molecule has 4 rings (SSSR count). The van der Waals surface area contributed by atoms with Crippen molar-refractivity contribution in [2.45, 2.75) is 20.8 Å². The number of carbonyl (C=O) groups is 6. The van der Waals surface area contributed by atoms with Gasteiger partial charge in [0.1, 0.15) is 11.5 Å². The average Bonchev–Trinajstić information content (AvgIpc) is 3.12. The fourth-order valence-corrected chi connectivity index (χ4v) is 3.61. The molecule has 0 saturated heterocycles. The van der Waals surface area contributed by atoms with Crippen molar-refractivity contribution in [3.8, 4) is 11.5 Å². The Morgan fingerprint density at radius 2 is 1.28 bits per heavy atom. The molecule has 0 atom stereocenters. The second kappa shape index (κ2) is 9.38. The van der Waals surface area contributed by atoms with Crippen molar-refractivity contribution in [1.29, 1.82) is 0 Å². The van der Waals surface area contributed by atoms with E-state index in [-0.39, 0.29) is 56.4 Å². The number of aryl methyl sites for hydroxylation is 1. The topological polar surface area (TPSA) is 130 Å². The van der Waals surface area contributed by atoms with Gasteiger partial charge in [0.05, 0.1) is 22.3 Å². The second-order valence-electron chi connectivity index (χ2n) is 8.02. The standard InChI is InChI=1S/C27H18O9/c1-13-10-18(34-24(30)16-4-7-19(14(2)28)21(11-16)15(3)29)6-9-23(13)35-25(31)17-5-8-20-22(12-17)27(33)36-26(20)32/h4-12H,1-3H3. The molecule has 0 unspecified atom stereocenters. The summed E-state index contributed by atoms with van der Waals surface area (Å²) in [6.07, 6.45) is 0. The molecule has 180 valence electrons. The fourth-order valence-electron chi connectivity index (χ4n) is 3.61. The highest BCUT2D eigenvalue weighted by Crippen LogP contribution is 2.27. The van der Waals surface area contributed by atoms with Crippen LogP contribution < -0.4 is 9.47 Å². The SMILES string of the molecule is CC(=O)c1ccc(C(=O)Oc2ccc(OC(=O)c3ccc4c(c3)C(=O)OC4=O)c(C)c2)cc1C(C)=O. The number of ether oxygens (including phenoxy) is 3. The second-order valence-corrected chi connectivity index (χ2v) is 8.02. The Morgan fingerprint density at radius 1 is 0.667 bits per heavy atom. The molecule has 1 heterocycles. The van der Waals surface area contributed by atoms with Gasteiger partial charge in [0.2, 0.25) is 0 Å². The summed E-state index contributed by atoms with van der Waals surface area (Å²) in [5.74, 6) is -3.42. The van der Waals surface area contributed by atoms with E-state index in [4.69, 9.17) is 9.47 Å². The predicted molar refractivity (Wildman–Crippen MR) is 124 cm³/mol. The molecule has 3 aromatic rings. The summed E-state index contributed by atoms with van der Waals surface area (Å²) in [6, 6.07) is 12.3. The van der Waals surface area contributed by atoms with E-state index in [1.54, 1.807) is 6.92 Å². The molecule has 0 aromatic heterocycles. The van der Waals surface area contributed by atoms with Gasteiger partial charge in [-0.2, -0.15) is 0 Å². The largest absolute Gasteiger partial charge is 0.423 e. The first-order valence-electron chi connectivity index (χ1n) is 10.7. The van der Waals surface area contributed by atoms with Crippen molar-refractivity contribution in [2.24, 2.45) is 0 Å². The summed E-state index contributed by atoms with van der Waals surface area (Å²) < 4.78 is 15.3. The molecule has 0 spiro atoms. The molecular weight excluding hydrogens is 468 g/mol. The normalized spacial score (nSPS) is 12.0. The summed E-state index contributed by atoms with van der Waals surface area (Å²) in [5.41, 5.74) is 1.01. The Morgan fingerprint density at radius 3 is 1.94 bits per heavy atom. The molecule has 9 nitrogen and oxygen atoms in total. The maximum absolute atomic E-state index is 12.6. The third kappa shape index (κ3) is 4.67. The van der Waals surface area contributed by atoms with Crippen LogP contribution in [0.15, 0.2) is 54.6 Å². The fraction of sp³-hybridized carbons (Fsp3) is 0.111. The van der Waals surface area contributed by atoms with Gasteiger partial charge in [0, 0.05) is 11.1 Å². The molecule has 0 bridgehead atoms. The molecule has 0 fully saturated rings. The highest BCUT2D eigenvalue weighted by Gasteiger charge is 2.30. The van der Waals surface area contributed by atoms with Crippen LogP contribution in [0.5, 0.6) is 11.5 Å². The van der Waals surface area contributed by atoms with Gasteiger partial charge in [-0.05, 0) is 80.9 Å². The minimum Gasteiger partial charge on any atom is -0.423 e. The number of fused-ring (bicyclic) bond motifs is 1. The molecule has 1 aliphatic heterocycles. The first-order valence-corrected chi connectivity index (χ1v) is 10.7. The highest BCUT2D eigenvalue weighted by molar-refractivity contribution is 6.15. The van der Waals surface area contributed by atoms with E-state index in [0.29, 0.717) is 5.56 Å². The van der Waals surface area contributed by atoms with E-state index in [2.05, 4.69) is 4.74 Å². The molecule has 1 aliphatic rings. The number of ketones is 2. The highest BCUT2D eigenvalue weighted by atomic mass is 16.6. The first-order chi connectivity index (χ1) is 17.0. The average molecular weight is 486 g/mol. The van der Waals surface area contributed by atoms with Crippen molar-refractivity contribution in [1.82, 2.24) is 0 Å². The predicted octanol–water partition coefficient (Wildman–Crippen LogP) is 4.15. The van der Waals surface area contributed by atoms with Gasteiger partial charge in [-0.3, -0.25) is 9.59 Å². The Balaban J connectivity index is 1.49. The van der Waals surface area contributed by atoms with Crippen LogP contribution in [-0.2, 0) is 4.74 Å². The molecule has 9 heteroatoms. The van der Waals surface area contributed by atoms with Crippen LogP contribution >= 0.6 is 0 Å². The summed E-state index contributed by atoms with van der Waals surface area (Å²) in [6.45, 7) is 4.26.